The van der Waals surface area contributed by atoms with Gasteiger partial charge >= 0.3 is 0 Å². The monoisotopic (exact) mass is 346 g/mol. The van der Waals surface area contributed by atoms with E-state index in [0.717, 1.165) is 19.3 Å². The van der Waals surface area contributed by atoms with E-state index in [-0.39, 0.29) is 26.4 Å². The maximum absolute atomic E-state index is 12.5. The van der Waals surface area contributed by atoms with Gasteiger partial charge in [0.2, 0.25) is 10.0 Å². The first-order chi connectivity index (χ1) is 9.63. The molecule has 1 aliphatic rings. The fourth-order valence-electron chi connectivity index (χ4n) is 2.66. The maximum atomic E-state index is 12.5. The van der Waals surface area contributed by atoms with Crippen LogP contribution in [-0.4, -0.2) is 19.4 Å². The number of hydrogen-bond donors (Lipinski definition) is 2. The van der Waals surface area contributed by atoms with Crippen molar-refractivity contribution in [2.45, 2.75) is 44.0 Å². The topological polar surface area (TPSA) is 72.2 Å². The molecule has 4 nitrogen and oxygen atoms in total. The molecular weight excluding hydrogens is 328 g/mol. The van der Waals surface area contributed by atoms with E-state index >= 15 is 0 Å². The number of hydrogen-bond acceptors (Lipinski definition) is 3. The van der Waals surface area contributed by atoms with Crippen LogP contribution < -0.4 is 10.5 Å². The van der Waals surface area contributed by atoms with Crippen molar-refractivity contribution in [2.75, 3.05) is 0 Å². The first-order valence-corrected chi connectivity index (χ1v) is 9.02. The van der Waals surface area contributed by atoms with Gasteiger partial charge in [0, 0.05) is 11.6 Å². The van der Waals surface area contributed by atoms with Crippen LogP contribution in [0.1, 0.15) is 38.7 Å². The molecule has 0 bridgehead atoms. The molecule has 116 valence electrons. The molecule has 1 atom stereocenters. The molecule has 1 aromatic carbocycles. The quantitative estimate of drug-likeness (QED) is 0.822. The average Bonchev–Trinajstić information content (AvgIpc) is 2.67. The van der Waals surface area contributed by atoms with E-state index in [1.54, 1.807) is 6.07 Å². The largest absolute Gasteiger partial charge is 0.389 e. The van der Waals surface area contributed by atoms with Crippen molar-refractivity contribution in [2.24, 2.45) is 11.1 Å². The zero-order valence-electron chi connectivity index (χ0n) is 12.0. The minimum Gasteiger partial charge on any atom is -0.389 e. The van der Waals surface area contributed by atoms with Gasteiger partial charge in [-0.3, -0.25) is 0 Å². The molecule has 1 aliphatic carbocycles. The standard InChI is InChI=1S/C14H19ClN2O2S2/c1-14(2)7-3-4-12(14)17-21(18,19)9-5-6-10(13(16)20)11(15)8-9/h5-6,8,12,17H,3-4,7H2,1-2H3,(H2,16,20). The van der Waals surface area contributed by atoms with Gasteiger partial charge < -0.3 is 5.73 Å². The fraction of sp³-hybridized carbons (Fsp3) is 0.500. The molecule has 0 spiro atoms. The summed E-state index contributed by atoms with van der Waals surface area (Å²) in [5, 5.41) is 0.246. The summed E-state index contributed by atoms with van der Waals surface area (Å²) in [4.78, 5) is 0.282. The molecule has 1 saturated carbocycles. The van der Waals surface area contributed by atoms with Gasteiger partial charge in [-0.25, -0.2) is 13.1 Å². The van der Waals surface area contributed by atoms with Gasteiger partial charge in [-0.2, -0.15) is 0 Å². The van der Waals surface area contributed by atoms with Crippen LogP contribution in [0.5, 0.6) is 0 Å². The van der Waals surface area contributed by atoms with Gasteiger partial charge in [0.05, 0.1) is 9.92 Å². The number of nitrogens with two attached hydrogens (primary N) is 1. The van der Waals surface area contributed by atoms with Gasteiger partial charge in [0.25, 0.3) is 0 Å². The van der Waals surface area contributed by atoms with Crippen LogP contribution in [0, 0.1) is 5.41 Å². The molecule has 0 amide bonds. The molecule has 21 heavy (non-hydrogen) atoms. The van der Waals surface area contributed by atoms with Crippen LogP contribution in [0.2, 0.25) is 5.02 Å². The third-order valence-electron chi connectivity index (χ3n) is 4.07. The Morgan fingerprint density at radius 1 is 1.48 bits per heavy atom. The number of benzene rings is 1. The third kappa shape index (κ3) is 3.56. The summed E-state index contributed by atoms with van der Waals surface area (Å²) in [5.41, 5.74) is 5.97. The number of rotatable bonds is 4. The lowest BCUT2D eigenvalue weighted by atomic mass is 9.88. The van der Waals surface area contributed by atoms with Crippen LogP contribution in [0.25, 0.3) is 0 Å². The zero-order valence-corrected chi connectivity index (χ0v) is 14.4. The summed E-state index contributed by atoms with van der Waals surface area (Å²) in [6.45, 7) is 4.16. The van der Waals surface area contributed by atoms with Crippen LogP contribution in [0.15, 0.2) is 23.1 Å². The highest BCUT2D eigenvalue weighted by molar-refractivity contribution is 7.89. The highest BCUT2D eigenvalue weighted by atomic mass is 35.5. The lowest BCUT2D eigenvalue weighted by Crippen LogP contribution is -2.41. The van der Waals surface area contributed by atoms with Gasteiger partial charge in [0.15, 0.2) is 0 Å². The number of sulfonamides is 1. The van der Waals surface area contributed by atoms with Crippen molar-refractivity contribution in [3.8, 4) is 0 Å². The van der Waals surface area contributed by atoms with E-state index in [1.807, 2.05) is 0 Å². The number of nitrogens with one attached hydrogen (secondary N) is 1. The van der Waals surface area contributed by atoms with Crippen molar-refractivity contribution in [3.05, 3.63) is 28.8 Å². The molecule has 1 fully saturated rings. The molecule has 1 unspecified atom stereocenters. The summed E-state index contributed by atoms with van der Waals surface area (Å²) < 4.78 is 27.7. The van der Waals surface area contributed by atoms with E-state index in [4.69, 9.17) is 29.6 Å². The Hall–Kier alpha value is -0.690. The Bertz CT molecular complexity index is 672. The first-order valence-electron chi connectivity index (χ1n) is 6.75. The van der Waals surface area contributed by atoms with Crippen LogP contribution in [0.3, 0.4) is 0 Å². The predicted octanol–water partition coefficient (Wildman–Crippen LogP) is 2.83. The second-order valence-corrected chi connectivity index (χ2v) is 8.62. The third-order valence-corrected chi connectivity index (χ3v) is 6.07. The molecule has 2 rings (SSSR count). The van der Waals surface area contributed by atoms with Crippen molar-refractivity contribution >= 4 is 38.8 Å². The normalized spacial score (nSPS) is 21.4. The zero-order chi connectivity index (χ0) is 15.8. The Morgan fingerprint density at radius 2 is 2.14 bits per heavy atom. The Kier molecular flexibility index (Phi) is 4.63. The van der Waals surface area contributed by atoms with E-state index < -0.39 is 10.0 Å². The van der Waals surface area contributed by atoms with Crippen LogP contribution in [-0.2, 0) is 10.0 Å². The lowest BCUT2D eigenvalue weighted by Gasteiger charge is -2.27. The summed E-state index contributed by atoms with van der Waals surface area (Å²) in [7, 11) is -3.60. The Balaban J connectivity index is 2.28. The van der Waals surface area contributed by atoms with Gasteiger partial charge in [-0.05, 0) is 36.5 Å². The molecule has 3 N–H and O–H groups in total. The Morgan fingerprint density at radius 3 is 2.62 bits per heavy atom. The lowest BCUT2D eigenvalue weighted by molar-refractivity contribution is 0.313. The number of halogens is 1. The van der Waals surface area contributed by atoms with Gasteiger partial charge in [-0.15, -0.1) is 0 Å². The molecule has 1 aromatic rings. The minimum atomic E-state index is -3.60. The van der Waals surface area contributed by atoms with E-state index in [1.165, 1.54) is 12.1 Å². The average molecular weight is 347 g/mol. The highest BCUT2D eigenvalue weighted by Crippen LogP contribution is 2.38. The molecule has 0 heterocycles. The fourth-order valence-corrected chi connectivity index (χ4v) is 4.71. The molecular formula is C14H19ClN2O2S2. The van der Waals surface area contributed by atoms with Crippen LogP contribution in [0.4, 0.5) is 0 Å². The molecule has 0 aliphatic heterocycles. The van der Waals surface area contributed by atoms with E-state index in [9.17, 15) is 8.42 Å². The Labute approximate surface area is 136 Å². The molecule has 7 heteroatoms. The first kappa shape index (κ1) is 16.7. The van der Waals surface area contributed by atoms with Crippen molar-refractivity contribution < 1.29 is 8.42 Å². The molecule has 0 radical (unpaired) electrons. The molecule has 0 aromatic heterocycles. The predicted molar refractivity (Wildman–Crippen MR) is 89.1 cm³/mol. The van der Waals surface area contributed by atoms with E-state index in [2.05, 4.69) is 18.6 Å². The second-order valence-electron chi connectivity index (χ2n) is 6.06. The second kappa shape index (κ2) is 5.83. The summed E-state index contributed by atoms with van der Waals surface area (Å²) in [6.07, 6.45) is 2.90. The van der Waals surface area contributed by atoms with Gasteiger partial charge in [-0.1, -0.05) is 44.1 Å². The van der Waals surface area contributed by atoms with Crippen molar-refractivity contribution in [1.29, 1.82) is 0 Å². The van der Waals surface area contributed by atoms with E-state index in [0.29, 0.717) is 5.56 Å². The maximum Gasteiger partial charge on any atom is 0.240 e. The summed E-state index contributed by atoms with van der Waals surface area (Å²) in [5.74, 6) is 0. The SMILES string of the molecule is CC1(C)CCCC1NS(=O)(=O)c1ccc(C(N)=S)c(Cl)c1. The smallest absolute Gasteiger partial charge is 0.240 e. The number of thiocarbonyl (C=S) groups is 1. The van der Waals surface area contributed by atoms with Crippen molar-refractivity contribution in [1.82, 2.24) is 4.72 Å². The van der Waals surface area contributed by atoms with Crippen molar-refractivity contribution in [3.63, 3.8) is 0 Å². The van der Waals surface area contributed by atoms with Crippen LogP contribution >= 0.6 is 23.8 Å². The highest BCUT2D eigenvalue weighted by Gasteiger charge is 2.37. The van der Waals surface area contributed by atoms with Gasteiger partial charge in [0.1, 0.15) is 4.99 Å². The summed E-state index contributed by atoms with van der Waals surface area (Å²) in [6, 6.07) is 4.35. The summed E-state index contributed by atoms with van der Waals surface area (Å²) >= 11 is 10.9. The molecule has 0 saturated heterocycles. The minimum absolute atomic E-state index is 0.0321.